The maximum Gasteiger partial charge on any atom is 0.304 e. The third-order valence-electron chi connectivity index (χ3n) is 3.64. The minimum atomic E-state index is -0.848. The van der Waals surface area contributed by atoms with Gasteiger partial charge in [-0.3, -0.25) is 9.59 Å². The van der Waals surface area contributed by atoms with Crippen molar-refractivity contribution in [1.29, 1.82) is 0 Å². The highest BCUT2D eigenvalue weighted by atomic mass is 16.4. The molecule has 1 aliphatic carbocycles. The number of ketones is 1. The molecular weight excluding hydrogens is 256 g/mol. The molecule has 3 atom stereocenters. The maximum atomic E-state index is 11.3. The van der Waals surface area contributed by atoms with Crippen LogP contribution >= 0.6 is 0 Å². The smallest absolute Gasteiger partial charge is 0.304 e. The average Bonchev–Trinajstić information content (AvgIpc) is 2.76. The SMILES string of the molecule is CCC(=O)C=CC1CCC(O)C1CC#CCCC(=O)O. The lowest BCUT2D eigenvalue weighted by Crippen LogP contribution is -2.17. The third-order valence-corrected chi connectivity index (χ3v) is 3.64. The van der Waals surface area contributed by atoms with Gasteiger partial charge in [0.2, 0.25) is 0 Å². The van der Waals surface area contributed by atoms with Gasteiger partial charge in [-0.05, 0) is 24.8 Å². The van der Waals surface area contributed by atoms with Crippen LogP contribution < -0.4 is 0 Å². The van der Waals surface area contributed by atoms with Crippen LogP contribution in [-0.2, 0) is 9.59 Å². The van der Waals surface area contributed by atoms with Crippen LogP contribution in [0.3, 0.4) is 0 Å². The minimum Gasteiger partial charge on any atom is -0.481 e. The Labute approximate surface area is 119 Å². The summed E-state index contributed by atoms with van der Waals surface area (Å²) in [5, 5.41) is 18.5. The standard InChI is InChI=1S/C16H22O4/c1-2-13(17)10-8-12-9-11-15(18)14(12)6-4-3-5-7-16(19)20/h8,10,12,14-15,18H,2,5-7,9,11H2,1H3,(H,19,20). The number of carboxylic acid groups (broad SMARTS) is 1. The number of allylic oxidation sites excluding steroid dienone is 2. The molecule has 0 aromatic rings. The van der Waals surface area contributed by atoms with E-state index >= 15 is 0 Å². The summed E-state index contributed by atoms with van der Waals surface area (Å²) in [4.78, 5) is 21.6. The van der Waals surface area contributed by atoms with E-state index in [9.17, 15) is 14.7 Å². The molecule has 4 heteroatoms. The Morgan fingerprint density at radius 3 is 2.70 bits per heavy atom. The summed E-state index contributed by atoms with van der Waals surface area (Å²) in [5.41, 5.74) is 0. The summed E-state index contributed by atoms with van der Waals surface area (Å²) >= 11 is 0. The van der Waals surface area contributed by atoms with Crippen molar-refractivity contribution in [2.45, 2.75) is 51.6 Å². The zero-order chi connectivity index (χ0) is 15.0. The highest BCUT2D eigenvalue weighted by Gasteiger charge is 2.32. The van der Waals surface area contributed by atoms with Gasteiger partial charge in [-0.1, -0.05) is 13.0 Å². The van der Waals surface area contributed by atoms with E-state index in [4.69, 9.17) is 5.11 Å². The van der Waals surface area contributed by atoms with Gasteiger partial charge < -0.3 is 10.2 Å². The van der Waals surface area contributed by atoms with Crippen LogP contribution in [0.1, 0.15) is 45.4 Å². The monoisotopic (exact) mass is 278 g/mol. The van der Waals surface area contributed by atoms with Crippen LogP contribution in [0.5, 0.6) is 0 Å². The van der Waals surface area contributed by atoms with Crippen molar-refractivity contribution in [2.24, 2.45) is 11.8 Å². The Balaban J connectivity index is 2.49. The number of carboxylic acids is 1. The van der Waals surface area contributed by atoms with Crippen LogP contribution in [0.2, 0.25) is 0 Å². The molecular formula is C16H22O4. The molecule has 20 heavy (non-hydrogen) atoms. The van der Waals surface area contributed by atoms with Crippen molar-refractivity contribution in [1.82, 2.24) is 0 Å². The van der Waals surface area contributed by atoms with E-state index in [0.717, 1.165) is 12.8 Å². The molecule has 1 fully saturated rings. The largest absolute Gasteiger partial charge is 0.481 e. The lowest BCUT2D eigenvalue weighted by Gasteiger charge is -2.16. The van der Waals surface area contributed by atoms with Crippen LogP contribution in [0.15, 0.2) is 12.2 Å². The normalized spacial score (nSPS) is 25.4. The molecule has 3 unspecified atom stereocenters. The first-order valence-corrected chi connectivity index (χ1v) is 7.11. The maximum absolute atomic E-state index is 11.3. The number of aliphatic carboxylic acids is 1. The average molecular weight is 278 g/mol. The quantitative estimate of drug-likeness (QED) is 0.577. The fourth-order valence-electron chi connectivity index (χ4n) is 2.40. The minimum absolute atomic E-state index is 0.0493. The van der Waals surface area contributed by atoms with Gasteiger partial charge >= 0.3 is 5.97 Å². The number of hydrogen-bond acceptors (Lipinski definition) is 3. The van der Waals surface area contributed by atoms with Crippen molar-refractivity contribution in [3.8, 4) is 11.8 Å². The van der Waals surface area contributed by atoms with Gasteiger partial charge in [0, 0.05) is 25.2 Å². The van der Waals surface area contributed by atoms with Gasteiger partial charge in [0.05, 0.1) is 12.5 Å². The Hall–Kier alpha value is -1.60. The number of carbonyl (C=O) groups is 2. The molecule has 0 aliphatic heterocycles. The van der Waals surface area contributed by atoms with Crippen LogP contribution in [0.25, 0.3) is 0 Å². The molecule has 110 valence electrons. The van der Waals surface area contributed by atoms with E-state index in [1.165, 1.54) is 0 Å². The molecule has 0 bridgehead atoms. The number of hydrogen-bond donors (Lipinski definition) is 2. The number of rotatable bonds is 6. The summed E-state index contributed by atoms with van der Waals surface area (Å²) in [7, 11) is 0. The number of carbonyl (C=O) groups excluding carboxylic acids is 1. The first kappa shape index (κ1) is 16.5. The van der Waals surface area contributed by atoms with E-state index in [1.54, 1.807) is 6.08 Å². The predicted octanol–water partition coefficient (Wildman–Crippen LogP) is 2.17. The molecule has 1 saturated carbocycles. The lowest BCUT2D eigenvalue weighted by atomic mass is 9.91. The Morgan fingerprint density at radius 2 is 2.05 bits per heavy atom. The molecule has 0 radical (unpaired) electrons. The molecule has 0 spiro atoms. The summed E-state index contributed by atoms with van der Waals surface area (Å²) in [5.74, 6) is 5.27. The fraction of sp³-hybridized carbons (Fsp3) is 0.625. The highest BCUT2D eigenvalue weighted by molar-refractivity contribution is 5.89. The van der Waals surface area contributed by atoms with Gasteiger partial charge in [0.1, 0.15) is 0 Å². The zero-order valence-corrected chi connectivity index (χ0v) is 11.8. The number of aliphatic hydroxyl groups excluding tert-OH is 1. The Kier molecular flexibility index (Phi) is 7.03. The van der Waals surface area contributed by atoms with Crippen molar-refractivity contribution in [3.63, 3.8) is 0 Å². The molecule has 1 rings (SSSR count). The van der Waals surface area contributed by atoms with Crippen molar-refractivity contribution in [2.75, 3.05) is 0 Å². The summed E-state index contributed by atoms with van der Waals surface area (Å²) in [6, 6.07) is 0. The predicted molar refractivity (Wildman–Crippen MR) is 75.9 cm³/mol. The van der Waals surface area contributed by atoms with Gasteiger partial charge in [0.15, 0.2) is 5.78 Å². The molecule has 0 amide bonds. The molecule has 0 aromatic carbocycles. The van der Waals surface area contributed by atoms with E-state index in [0.29, 0.717) is 19.3 Å². The van der Waals surface area contributed by atoms with Crippen molar-refractivity contribution >= 4 is 11.8 Å². The molecule has 0 heterocycles. The number of aliphatic hydroxyl groups is 1. The highest BCUT2D eigenvalue weighted by Crippen LogP contribution is 2.35. The van der Waals surface area contributed by atoms with Crippen LogP contribution in [0, 0.1) is 23.7 Å². The first-order valence-electron chi connectivity index (χ1n) is 7.11. The van der Waals surface area contributed by atoms with Gasteiger partial charge in [-0.2, -0.15) is 0 Å². The van der Waals surface area contributed by atoms with E-state index in [1.807, 2.05) is 13.0 Å². The van der Waals surface area contributed by atoms with E-state index in [2.05, 4.69) is 11.8 Å². The van der Waals surface area contributed by atoms with Gasteiger partial charge in [-0.15, -0.1) is 11.8 Å². The zero-order valence-electron chi connectivity index (χ0n) is 11.8. The molecule has 4 nitrogen and oxygen atoms in total. The first-order chi connectivity index (χ1) is 9.54. The van der Waals surface area contributed by atoms with E-state index in [-0.39, 0.29) is 30.1 Å². The topological polar surface area (TPSA) is 74.6 Å². The summed E-state index contributed by atoms with van der Waals surface area (Å²) in [6.07, 6.45) is 6.16. The fourth-order valence-corrected chi connectivity index (χ4v) is 2.40. The molecule has 1 aliphatic rings. The second-order valence-electron chi connectivity index (χ2n) is 5.10. The Morgan fingerprint density at radius 1 is 1.30 bits per heavy atom. The summed E-state index contributed by atoms with van der Waals surface area (Å²) < 4.78 is 0. The Bertz CT molecular complexity index is 427. The molecule has 2 N–H and O–H groups in total. The van der Waals surface area contributed by atoms with Crippen molar-refractivity contribution < 1.29 is 19.8 Å². The van der Waals surface area contributed by atoms with E-state index < -0.39 is 5.97 Å². The van der Waals surface area contributed by atoms with Crippen molar-refractivity contribution in [3.05, 3.63) is 12.2 Å². The molecule has 0 aromatic heterocycles. The van der Waals surface area contributed by atoms with Gasteiger partial charge in [-0.25, -0.2) is 0 Å². The third kappa shape index (κ3) is 5.58. The second kappa shape index (κ2) is 8.55. The molecule has 0 saturated heterocycles. The lowest BCUT2D eigenvalue weighted by molar-refractivity contribution is -0.136. The summed E-state index contributed by atoms with van der Waals surface area (Å²) in [6.45, 7) is 1.82. The van der Waals surface area contributed by atoms with Crippen LogP contribution in [-0.4, -0.2) is 28.1 Å². The van der Waals surface area contributed by atoms with Gasteiger partial charge in [0.25, 0.3) is 0 Å². The van der Waals surface area contributed by atoms with Crippen LogP contribution in [0.4, 0.5) is 0 Å². The second-order valence-corrected chi connectivity index (χ2v) is 5.10.